The number of hydrogen-bond acceptors (Lipinski definition) is 6. The number of aromatic hydroxyl groups is 1. The van der Waals surface area contributed by atoms with Crippen molar-refractivity contribution in [2.24, 2.45) is 0 Å². The van der Waals surface area contributed by atoms with Crippen LogP contribution in [0.25, 0.3) is 6.08 Å². The molecule has 6 nitrogen and oxygen atoms in total. The first-order valence-corrected chi connectivity index (χ1v) is 7.53. The first kappa shape index (κ1) is 15.3. The molecule has 0 amide bonds. The second-order valence-electron chi connectivity index (χ2n) is 5.43. The molecular formula is C17H20N4O2. The van der Waals surface area contributed by atoms with E-state index in [4.69, 9.17) is 4.74 Å². The highest BCUT2D eigenvalue weighted by Gasteiger charge is 2.18. The molecule has 0 aliphatic carbocycles. The Labute approximate surface area is 135 Å². The van der Waals surface area contributed by atoms with Gasteiger partial charge < -0.3 is 20.1 Å². The average Bonchev–Trinajstić information content (AvgIpc) is 2.58. The monoisotopic (exact) mass is 312 g/mol. The first-order chi connectivity index (χ1) is 11.2. The van der Waals surface area contributed by atoms with Crippen LogP contribution in [0.3, 0.4) is 0 Å². The quantitative estimate of drug-likeness (QED) is 0.903. The molecule has 2 heterocycles. The van der Waals surface area contributed by atoms with Crippen LogP contribution in [-0.2, 0) is 0 Å². The van der Waals surface area contributed by atoms with Gasteiger partial charge in [0.15, 0.2) is 17.3 Å². The number of anilines is 1. The van der Waals surface area contributed by atoms with Gasteiger partial charge in [0, 0.05) is 25.3 Å². The molecule has 1 aliphatic rings. The number of aryl methyl sites for hydroxylation is 1. The lowest BCUT2D eigenvalue weighted by Gasteiger charge is -2.31. The van der Waals surface area contributed by atoms with E-state index >= 15 is 0 Å². The third-order valence-electron chi connectivity index (χ3n) is 3.76. The summed E-state index contributed by atoms with van der Waals surface area (Å²) in [5.74, 6) is 1.44. The maximum Gasteiger partial charge on any atom is 0.161 e. The van der Waals surface area contributed by atoms with Gasteiger partial charge in [-0.2, -0.15) is 5.10 Å². The van der Waals surface area contributed by atoms with Crippen molar-refractivity contribution < 1.29 is 9.84 Å². The fourth-order valence-electron chi connectivity index (χ4n) is 2.55. The Morgan fingerprint density at radius 2 is 2.13 bits per heavy atom. The third-order valence-corrected chi connectivity index (χ3v) is 3.76. The van der Waals surface area contributed by atoms with E-state index in [9.17, 15) is 5.11 Å². The second-order valence-corrected chi connectivity index (χ2v) is 5.43. The maximum atomic E-state index is 9.71. The molecule has 23 heavy (non-hydrogen) atoms. The van der Waals surface area contributed by atoms with E-state index in [1.165, 1.54) is 0 Å². The van der Waals surface area contributed by atoms with Gasteiger partial charge in [0.2, 0.25) is 0 Å². The number of phenolic OH excluding ortho intramolecular Hbond substituents is 1. The van der Waals surface area contributed by atoms with Gasteiger partial charge in [-0.15, -0.1) is 5.10 Å². The molecule has 2 N–H and O–H groups in total. The molecule has 1 aromatic heterocycles. The Morgan fingerprint density at radius 1 is 1.26 bits per heavy atom. The van der Waals surface area contributed by atoms with Crippen molar-refractivity contribution in [3.05, 3.63) is 47.3 Å². The number of benzene rings is 1. The summed E-state index contributed by atoms with van der Waals surface area (Å²) in [6.07, 6.45) is 2.07. The molecule has 1 aromatic carbocycles. The Balaban J connectivity index is 1.93. The number of phenols is 1. The van der Waals surface area contributed by atoms with Crippen LogP contribution >= 0.6 is 0 Å². The van der Waals surface area contributed by atoms with Crippen LogP contribution in [-0.4, -0.2) is 42.0 Å². The number of rotatable bonds is 3. The average molecular weight is 312 g/mol. The Kier molecular flexibility index (Phi) is 4.43. The molecule has 0 spiro atoms. The third kappa shape index (κ3) is 3.43. The normalized spacial score (nSPS) is 16.6. The largest absolute Gasteiger partial charge is 0.504 e. The van der Waals surface area contributed by atoms with Crippen molar-refractivity contribution in [3.8, 4) is 11.5 Å². The second kappa shape index (κ2) is 6.66. The lowest BCUT2D eigenvalue weighted by molar-refractivity contribution is 0.373. The summed E-state index contributed by atoms with van der Waals surface area (Å²) in [6.45, 7) is 4.40. The summed E-state index contributed by atoms with van der Waals surface area (Å²) >= 11 is 0. The number of hydrogen-bond donors (Lipinski definition) is 2. The fraction of sp³-hybridized carbons (Fsp3) is 0.294. The fourth-order valence-corrected chi connectivity index (χ4v) is 2.55. The summed E-state index contributed by atoms with van der Waals surface area (Å²) in [5.41, 5.74) is 2.96. The van der Waals surface area contributed by atoms with Crippen LogP contribution in [0, 0.1) is 6.92 Å². The van der Waals surface area contributed by atoms with E-state index in [1.807, 2.05) is 31.2 Å². The topological polar surface area (TPSA) is 70.5 Å². The molecule has 1 aliphatic heterocycles. The molecule has 3 rings (SSSR count). The van der Waals surface area contributed by atoms with Crippen molar-refractivity contribution in [2.45, 2.75) is 6.92 Å². The van der Waals surface area contributed by atoms with Crippen LogP contribution in [0.15, 0.2) is 36.0 Å². The van der Waals surface area contributed by atoms with E-state index in [0.29, 0.717) is 5.75 Å². The Bertz CT molecular complexity index is 713. The molecule has 0 radical (unpaired) electrons. The highest BCUT2D eigenvalue weighted by molar-refractivity contribution is 5.63. The van der Waals surface area contributed by atoms with Crippen molar-refractivity contribution in [1.82, 2.24) is 15.5 Å². The zero-order chi connectivity index (χ0) is 16.2. The molecule has 0 bridgehead atoms. The van der Waals surface area contributed by atoms with Crippen LogP contribution in [0.1, 0.15) is 11.3 Å². The van der Waals surface area contributed by atoms with Crippen molar-refractivity contribution in [3.63, 3.8) is 0 Å². The predicted octanol–water partition coefficient (Wildman–Crippen LogP) is 1.95. The summed E-state index contributed by atoms with van der Waals surface area (Å²) in [6, 6.07) is 9.26. The van der Waals surface area contributed by atoms with Gasteiger partial charge in [0.05, 0.1) is 12.8 Å². The molecule has 120 valence electrons. The minimum Gasteiger partial charge on any atom is -0.504 e. The summed E-state index contributed by atoms with van der Waals surface area (Å²) in [4.78, 5) is 2.16. The van der Waals surface area contributed by atoms with E-state index in [2.05, 4.69) is 26.5 Å². The van der Waals surface area contributed by atoms with Gasteiger partial charge in [0.25, 0.3) is 0 Å². The van der Waals surface area contributed by atoms with Gasteiger partial charge in [-0.25, -0.2) is 0 Å². The predicted molar refractivity (Wildman–Crippen MR) is 89.6 cm³/mol. The van der Waals surface area contributed by atoms with Gasteiger partial charge in [-0.1, -0.05) is 6.07 Å². The molecule has 1 saturated heterocycles. The molecule has 6 heteroatoms. The van der Waals surface area contributed by atoms with Crippen LogP contribution in [0.5, 0.6) is 11.5 Å². The Hall–Kier alpha value is -2.60. The SMILES string of the molecule is COc1cc(C=C2CNCCN2c2ccc(C)nn2)ccc1O. The highest BCUT2D eigenvalue weighted by atomic mass is 16.5. The maximum absolute atomic E-state index is 9.71. The number of methoxy groups -OCH3 is 1. The minimum absolute atomic E-state index is 0.137. The lowest BCUT2D eigenvalue weighted by Crippen LogP contribution is -2.42. The lowest BCUT2D eigenvalue weighted by atomic mass is 10.1. The van der Waals surface area contributed by atoms with E-state index in [-0.39, 0.29) is 5.75 Å². The van der Waals surface area contributed by atoms with Crippen LogP contribution < -0.4 is 15.0 Å². The zero-order valence-corrected chi connectivity index (χ0v) is 13.3. The van der Waals surface area contributed by atoms with E-state index < -0.39 is 0 Å². The minimum atomic E-state index is 0.137. The van der Waals surface area contributed by atoms with Crippen molar-refractivity contribution >= 4 is 11.9 Å². The molecule has 0 atom stereocenters. The Morgan fingerprint density at radius 3 is 2.87 bits per heavy atom. The number of aromatic nitrogens is 2. The number of piperazine rings is 1. The highest BCUT2D eigenvalue weighted by Crippen LogP contribution is 2.28. The van der Waals surface area contributed by atoms with Gasteiger partial charge in [-0.05, 0) is 42.8 Å². The smallest absolute Gasteiger partial charge is 0.161 e. The molecule has 1 fully saturated rings. The standard InChI is InChI=1S/C17H20N4O2/c1-12-3-6-17(20-19-12)21-8-7-18-11-14(21)9-13-4-5-15(22)16(10-13)23-2/h3-6,9-10,18,22H,7-8,11H2,1-2H3. The number of nitrogens with zero attached hydrogens (tertiary/aromatic N) is 3. The van der Waals surface area contributed by atoms with E-state index in [0.717, 1.165) is 42.4 Å². The molecule has 0 saturated carbocycles. The summed E-state index contributed by atoms with van der Waals surface area (Å²) < 4.78 is 5.17. The number of nitrogens with one attached hydrogen (secondary N) is 1. The summed E-state index contributed by atoms with van der Waals surface area (Å²) in [7, 11) is 1.54. The molecule has 2 aromatic rings. The van der Waals surface area contributed by atoms with E-state index in [1.54, 1.807) is 13.2 Å². The molecular weight excluding hydrogens is 292 g/mol. The van der Waals surface area contributed by atoms with Crippen LogP contribution in [0.4, 0.5) is 5.82 Å². The number of ether oxygens (including phenoxy) is 1. The summed E-state index contributed by atoms with van der Waals surface area (Å²) in [5, 5.41) is 21.5. The van der Waals surface area contributed by atoms with Gasteiger partial charge in [-0.3, -0.25) is 0 Å². The zero-order valence-electron chi connectivity index (χ0n) is 13.3. The van der Waals surface area contributed by atoms with Crippen LogP contribution in [0.2, 0.25) is 0 Å². The molecule has 0 unspecified atom stereocenters. The van der Waals surface area contributed by atoms with Crippen molar-refractivity contribution in [2.75, 3.05) is 31.6 Å². The van der Waals surface area contributed by atoms with Gasteiger partial charge in [0.1, 0.15) is 0 Å². The van der Waals surface area contributed by atoms with Crippen molar-refractivity contribution in [1.29, 1.82) is 0 Å². The first-order valence-electron chi connectivity index (χ1n) is 7.53. The van der Waals surface area contributed by atoms with Gasteiger partial charge >= 0.3 is 0 Å².